The van der Waals surface area contributed by atoms with E-state index in [-0.39, 0.29) is 29.8 Å². The molecule has 1 aromatic rings. The van der Waals surface area contributed by atoms with Crippen molar-refractivity contribution in [1.29, 1.82) is 0 Å². The van der Waals surface area contributed by atoms with E-state index in [2.05, 4.69) is 41.4 Å². The quantitative estimate of drug-likeness (QED) is 0.320. The summed E-state index contributed by atoms with van der Waals surface area (Å²) in [7, 11) is 3.90. The molecular weight excluding hydrogens is 450 g/mol. The van der Waals surface area contributed by atoms with Gasteiger partial charge in [0.15, 0.2) is 5.96 Å². The summed E-state index contributed by atoms with van der Waals surface area (Å²) in [6, 6.07) is 5.55. The van der Waals surface area contributed by atoms with Gasteiger partial charge in [-0.2, -0.15) is 11.8 Å². The summed E-state index contributed by atoms with van der Waals surface area (Å²) in [5, 5.41) is 6.64. The Morgan fingerprint density at radius 3 is 2.64 bits per heavy atom. The number of rotatable bonds is 9. The van der Waals surface area contributed by atoms with Crippen LogP contribution >= 0.6 is 35.7 Å². The molecule has 0 saturated heterocycles. The van der Waals surface area contributed by atoms with Crippen molar-refractivity contribution in [3.05, 3.63) is 35.1 Å². The van der Waals surface area contributed by atoms with Crippen molar-refractivity contribution in [2.24, 2.45) is 4.99 Å². The van der Waals surface area contributed by atoms with Crippen molar-refractivity contribution < 1.29 is 4.39 Å². The van der Waals surface area contributed by atoms with Gasteiger partial charge in [-0.25, -0.2) is 4.39 Å². The van der Waals surface area contributed by atoms with Crippen LogP contribution in [0, 0.1) is 5.82 Å². The van der Waals surface area contributed by atoms with Gasteiger partial charge in [-0.05, 0) is 49.9 Å². The molecule has 0 aliphatic rings. The zero-order valence-corrected chi connectivity index (χ0v) is 19.1. The Balaban J connectivity index is 0.00000576. The highest BCUT2D eigenvalue weighted by Crippen LogP contribution is 2.16. The van der Waals surface area contributed by atoms with Crippen LogP contribution in [0.1, 0.15) is 31.4 Å². The number of benzene rings is 1. The number of aliphatic imine (C=N–C) groups is 1. The van der Waals surface area contributed by atoms with Crippen LogP contribution in [0.5, 0.6) is 0 Å². The number of thioether (sulfide) groups is 1. The van der Waals surface area contributed by atoms with E-state index in [4.69, 9.17) is 0 Å². The fourth-order valence-electron chi connectivity index (χ4n) is 2.34. The number of hydrogen-bond donors (Lipinski definition) is 2. The zero-order chi connectivity index (χ0) is 17.9. The van der Waals surface area contributed by atoms with Gasteiger partial charge in [0.25, 0.3) is 0 Å². The minimum atomic E-state index is -0.182. The monoisotopic (exact) mass is 482 g/mol. The zero-order valence-electron chi connectivity index (χ0n) is 15.9. The molecule has 25 heavy (non-hydrogen) atoms. The first-order valence-electron chi connectivity index (χ1n) is 8.42. The van der Waals surface area contributed by atoms with Crippen molar-refractivity contribution in [1.82, 2.24) is 15.5 Å². The molecule has 7 heteroatoms. The van der Waals surface area contributed by atoms with Gasteiger partial charge in [0, 0.05) is 38.5 Å². The summed E-state index contributed by atoms with van der Waals surface area (Å²) in [4.78, 5) is 6.58. The maximum absolute atomic E-state index is 13.4. The lowest BCUT2D eigenvalue weighted by Crippen LogP contribution is -2.42. The summed E-state index contributed by atoms with van der Waals surface area (Å²) >= 11 is 1.69. The van der Waals surface area contributed by atoms with E-state index >= 15 is 0 Å². The van der Waals surface area contributed by atoms with Crippen molar-refractivity contribution >= 4 is 41.7 Å². The number of halogens is 2. The second-order valence-electron chi connectivity index (χ2n) is 5.94. The van der Waals surface area contributed by atoms with Crippen LogP contribution in [-0.2, 0) is 12.3 Å². The molecule has 2 N–H and O–H groups in total. The second-order valence-corrected chi connectivity index (χ2v) is 6.80. The molecule has 0 aromatic heterocycles. The molecule has 1 atom stereocenters. The van der Waals surface area contributed by atoms with Crippen molar-refractivity contribution in [2.75, 3.05) is 33.4 Å². The normalized spacial score (nSPS) is 12.7. The Bertz CT molecular complexity index is 528. The Morgan fingerprint density at radius 1 is 1.32 bits per heavy atom. The summed E-state index contributed by atoms with van der Waals surface area (Å²) in [6.45, 7) is 6.86. The first kappa shape index (κ1) is 24.5. The van der Waals surface area contributed by atoms with E-state index in [1.54, 1.807) is 24.9 Å². The molecule has 1 aromatic carbocycles. The minimum Gasteiger partial charge on any atom is -0.355 e. The molecule has 1 unspecified atom stereocenters. The summed E-state index contributed by atoms with van der Waals surface area (Å²) in [5.74, 6) is 1.39. The summed E-state index contributed by atoms with van der Waals surface area (Å²) in [6.07, 6.45) is 3.17. The maximum Gasteiger partial charge on any atom is 0.191 e. The predicted molar refractivity (Wildman–Crippen MR) is 120 cm³/mol. The molecule has 0 saturated carbocycles. The third-order valence-corrected chi connectivity index (χ3v) is 4.84. The van der Waals surface area contributed by atoms with Gasteiger partial charge in [-0.15, -0.1) is 24.0 Å². The molecule has 0 amide bonds. The highest BCUT2D eigenvalue weighted by Gasteiger charge is 2.07. The van der Waals surface area contributed by atoms with E-state index < -0.39 is 0 Å². The average Bonchev–Trinajstić information content (AvgIpc) is 2.58. The molecule has 0 radical (unpaired) electrons. The van der Waals surface area contributed by atoms with Crippen molar-refractivity contribution in [3.8, 4) is 0 Å². The molecular formula is C18H32FIN4S. The van der Waals surface area contributed by atoms with E-state index in [1.165, 1.54) is 6.07 Å². The fraction of sp³-hybridized carbons (Fsp3) is 0.611. The van der Waals surface area contributed by atoms with Crippen LogP contribution < -0.4 is 10.6 Å². The van der Waals surface area contributed by atoms with Gasteiger partial charge in [0.1, 0.15) is 5.82 Å². The molecule has 0 bridgehead atoms. The summed E-state index contributed by atoms with van der Waals surface area (Å²) in [5.41, 5.74) is 2.13. The van der Waals surface area contributed by atoms with Crippen molar-refractivity contribution in [2.45, 2.75) is 38.6 Å². The van der Waals surface area contributed by atoms with Crippen LogP contribution in [0.2, 0.25) is 0 Å². The largest absolute Gasteiger partial charge is 0.355 e. The van der Waals surface area contributed by atoms with E-state index in [9.17, 15) is 4.39 Å². The molecule has 1 rings (SSSR count). The average molecular weight is 482 g/mol. The van der Waals surface area contributed by atoms with Crippen LogP contribution in [0.15, 0.2) is 23.2 Å². The highest BCUT2D eigenvalue weighted by molar-refractivity contribution is 14.0. The number of nitrogens with zero attached hydrogens (tertiary/aromatic N) is 2. The molecule has 0 aliphatic heterocycles. The SMILES string of the molecule is CCC(C)N(C)CCNC(=NC)NCc1ccc(F)cc1CSC.I. The van der Waals surface area contributed by atoms with Crippen LogP contribution in [0.25, 0.3) is 0 Å². The highest BCUT2D eigenvalue weighted by atomic mass is 127. The van der Waals surface area contributed by atoms with Gasteiger partial charge in [0.05, 0.1) is 0 Å². The molecule has 4 nitrogen and oxygen atoms in total. The van der Waals surface area contributed by atoms with Gasteiger partial charge in [-0.3, -0.25) is 4.99 Å². The first-order valence-corrected chi connectivity index (χ1v) is 9.82. The topological polar surface area (TPSA) is 39.7 Å². The van der Waals surface area contributed by atoms with Crippen molar-refractivity contribution in [3.63, 3.8) is 0 Å². The van der Waals surface area contributed by atoms with Gasteiger partial charge < -0.3 is 15.5 Å². The maximum atomic E-state index is 13.4. The smallest absolute Gasteiger partial charge is 0.191 e. The third kappa shape index (κ3) is 9.10. The van der Waals surface area contributed by atoms with Gasteiger partial charge in [0.2, 0.25) is 0 Å². The fourth-order valence-corrected chi connectivity index (χ4v) is 2.92. The first-order chi connectivity index (χ1) is 11.5. The Kier molecular flexibility index (Phi) is 13.3. The Labute approximate surface area is 173 Å². The Morgan fingerprint density at radius 2 is 2.04 bits per heavy atom. The van der Waals surface area contributed by atoms with Gasteiger partial charge >= 0.3 is 0 Å². The lowest BCUT2D eigenvalue weighted by atomic mass is 10.1. The number of likely N-dealkylation sites (N-methyl/N-ethyl adjacent to an activating group) is 1. The third-order valence-electron chi connectivity index (χ3n) is 4.24. The number of hydrogen-bond acceptors (Lipinski definition) is 3. The summed E-state index contributed by atoms with van der Waals surface area (Å²) < 4.78 is 13.4. The molecule has 0 fully saturated rings. The molecule has 144 valence electrons. The minimum absolute atomic E-state index is 0. The van der Waals surface area contributed by atoms with Gasteiger partial charge in [-0.1, -0.05) is 13.0 Å². The predicted octanol–water partition coefficient (Wildman–Crippen LogP) is 3.70. The van der Waals surface area contributed by atoms with E-state index in [0.717, 1.165) is 42.3 Å². The molecule has 0 heterocycles. The number of nitrogens with one attached hydrogen (secondary N) is 2. The second kappa shape index (κ2) is 13.6. The van der Waals surface area contributed by atoms with Crippen LogP contribution in [0.3, 0.4) is 0 Å². The lowest BCUT2D eigenvalue weighted by molar-refractivity contribution is 0.255. The van der Waals surface area contributed by atoms with Crippen LogP contribution in [-0.4, -0.2) is 50.3 Å². The lowest BCUT2D eigenvalue weighted by Gasteiger charge is -2.24. The standard InChI is InChI=1S/C18H31FN4S.HI/c1-6-14(2)23(4)10-9-21-18(20-3)22-12-15-7-8-17(19)11-16(15)13-24-5;/h7-8,11,14H,6,9-10,12-13H2,1-5H3,(H2,20,21,22);1H. The molecule has 0 spiro atoms. The van der Waals surface area contributed by atoms with E-state index in [0.29, 0.717) is 12.6 Å². The van der Waals surface area contributed by atoms with E-state index in [1.807, 2.05) is 12.3 Å². The van der Waals surface area contributed by atoms with Crippen LogP contribution in [0.4, 0.5) is 4.39 Å². The molecule has 0 aliphatic carbocycles. The Hall–Kier alpha value is -0.540. The number of guanidine groups is 1.